The lowest BCUT2D eigenvalue weighted by molar-refractivity contribution is 0.236. The van der Waals surface area contributed by atoms with Crippen LogP contribution in [-0.4, -0.2) is 30.1 Å². The summed E-state index contributed by atoms with van der Waals surface area (Å²) in [5.74, 6) is 2.67. The molecule has 1 aliphatic heterocycles. The van der Waals surface area contributed by atoms with Crippen LogP contribution in [0.5, 0.6) is 0 Å². The van der Waals surface area contributed by atoms with E-state index < -0.39 is 0 Å². The fourth-order valence-electron chi connectivity index (χ4n) is 2.01. The summed E-state index contributed by atoms with van der Waals surface area (Å²) in [6, 6.07) is 4.49. The van der Waals surface area contributed by atoms with E-state index in [4.69, 9.17) is 0 Å². The predicted molar refractivity (Wildman–Crippen MR) is 79.6 cm³/mol. The Hall–Kier alpha value is -0.680. The molecule has 0 bridgehead atoms. The molecule has 1 aliphatic rings. The third-order valence-electron chi connectivity index (χ3n) is 3.09. The molecule has 2 atom stereocenters. The smallest absolute Gasteiger partial charge is 0.315 e. The van der Waals surface area contributed by atoms with E-state index in [1.54, 1.807) is 11.3 Å². The zero-order valence-corrected chi connectivity index (χ0v) is 12.3. The van der Waals surface area contributed by atoms with E-state index in [9.17, 15) is 4.79 Å². The normalized spacial score (nSPS) is 21.3. The highest BCUT2D eigenvalue weighted by Crippen LogP contribution is 2.19. The maximum atomic E-state index is 11.8. The molecule has 1 aromatic rings. The number of amides is 2. The van der Waals surface area contributed by atoms with Gasteiger partial charge >= 0.3 is 6.03 Å². The van der Waals surface area contributed by atoms with E-state index >= 15 is 0 Å². The van der Waals surface area contributed by atoms with Gasteiger partial charge in [-0.25, -0.2) is 4.79 Å². The second-order valence-electron chi connectivity index (χ2n) is 4.68. The lowest BCUT2D eigenvalue weighted by Crippen LogP contribution is -2.45. The summed E-state index contributed by atoms with van der Waals surface area (Å²) in [5.41, 5.74) is 0. The summed E-state index contributed by atoms with van der Waals surface area (Å²) >= 11 is 3.67. The number of carbonyl (C=O) groups excluding carboxylic acids is 1. The Bertz CT molecular complexity index is 361. The highest BCUT2D eigenvalue weighted by Gasteiger charge is 2.16. The van der Waals surface area contributed by atoms with Gasteiger partial charge in [-0.05, 0) is 30.0 Å². The van der Waals surface area contributed by atoms with Crippen LogP contribution < -0.4 is 10.6 Å². The molecule has 0 aromatic carbocycles. The van der Waals surface area contributed by atoms with Crippen molar-refractivity contribution in [2.75, 3.05) is 18.1 Å². The van der Waals surface area contributed by atoms with Gasteiger partial charge in [-0.3, -0.25) is 0 Å². The molecule has 1 aromatic heterocycles. The van der Waals surface area contributed by atoms with Crippen molar-refractivity contribution in [3.8, 4) is 0 Å². The Morgan fingerprint density at radius 1 is 1.61 bits per heavy atom. The highest BCUT2D eigenvalue weighted by atomic mass is 32.2. The molecule has 1 saturated heterocycles. The number of nitrogens with one attached hydrogen (secondary N) is 2. The van der Waals surface area contributed by atoms with Crippen LogP contribution in [0.1, 0.15) is 30.6 Å². The SMILES string of the molecule is C[C@@H](CNC(=O)N[C@H]1CCCSC1)c1cccs1. The fourth-order valence-corrected chi connectivity index (χ4v) is 3.87. The van der Waals surface area contributed by atoms with Gasteiger partial charge in [0.05, 0.1) is 0 Å². The maximum absolute atomic E-state index is 11.8. The molecular weight excluding hydrogens is 264 g/mol. The van der Waals surface area contributed by atoms with Gasteiger partial charge in [0, 0.05) is 29.1 Å². The summed E-state index contributed by atoms with van der Waals surface area (Å²) in [4.78, 5) is 13.1. The first kappa shape index (κ1) is 13.7. The van der Waals surface area contributed by atoms with Crippen LogP contribution in [-0.2, 0) is 0 Å². The largest absolute Gasteiger partial charge is 0.338 e. The minimum absolute atomic E-state index is 0.0223. The molecule has 2 heterocycles. The first-order valence-corrected chi connectivity index (χ1v) is 8.44. The Morgan fingerprint density at radius 3 is 3.17 bits per heavy atom. The Balaban J connectivity index is 1.68. The number of thiophene rings is 1. The Labute approximate surface area is 117 Å². The van der Waals surface area contributed by atoms with Crippen molar-refractivity contribution in [2.24, 2.45) is 0 Å². The molecule has 0 radical (unpaired) electrons. The van der Waals surface area contributed by atoms with Gasteiger partial charge in [0.25, 0.3) is 0 Å². The van der Waals surface area contributed by atoms with E-state index in [2.05, 4.69) is 35.1 Å². The summed E-state index contributed by atoms with van der Waals surface area (Å²) in [7, 11) is 0. The van der Waals surface area contributed by atoms with Gasteiger partial charge in [-0.1, -0.05) is 13.0 Å². The Morgan fingerprint density at radius 2 is 2.50 bits per heavy atom. The van der Waals surface area contributed by atoms with Gasteiger partial charge in [0.2, 0.25) is 0 Å². The average Bonchev–Trinajstić information content (AvgIpc) is 2.91. The molecule has 0 unspecified atom stereocenters. The fraction of sp³-hybridized carbons (Fsp3) is 0.615. The quantitative estimate of drug-likeness (QED) is 0.892. The van der Waals surface area contributed by atoms with Crippen LogP contribution in [0.25, 0.3) is 0 Å². The molecule has 0 aliphatic carbocycles. The van der Waals surface area contributed by atoms with Crippen molar-refractivity contribution in [3.63, 3.8) is 0 Å². The van der Waals surface area contributed by atoms with E-state index in [0.717, 1.165) is 12.2 Å². The standard InChI is InChI=1S/C13H20N2OS2/c1-10(12-5-3-7-18-12)8-14-13(16)15-11-4-2-6-17-9-11/h3,5,7,10-11H,2,4,6,8-9H2,1H3,(H2,14,15,16)/t10-,11-/m0/s1. The molecule has 0 spiro atoms. The average molecular weight is 284 g/mol. The molecule has 2 amide bonds. The third kappa shape index (κ3) is 4.21. The summed E-state index contributed by atoms with van der Waals surface area (Å²) < 4.78 is 0. The van der Waals surface area contributed by atoms with Crippen molar-refractivity contribution >= 4 is 29.1 Å². The van der Waals surface area contributed by atoms with Crippen molar-refractivity contribution in [3.05, 3.63) is 22.4 Å². The minimum Gasteiger partial charge on any atom is -0.338 e. The number of urea groups is 1. The van der Waals surface area contributed by atoms with Crippen LogP contribution >= 0.6 is 23.1 Å². The zero-order valence-electron chi connectivity index (χ0n) is 10.6. The molecule has 1 fully saturated rings. The maximum Gasteiger partial charge on any atom is 0.315 e. The molecule has 2 N–H and O–H groups in total. The summed E-state index contributed by atoms with van der Waals surface area (Å²) in [6.45, 7) is 2.84. The summed E-state index contributed by atoms with van der Waals surface area (Å²) in [6.07, 6.45) is 2.32. The number of rotatable bonds is 4. The Kier molecular flexibility index (Phi) is 5.38. The number of hydrogen-bond acceptors (Lipinski definition) is 3. The highest BCUT2D eigenvalue weighted by molar-refractivity contribution is 7.99. The first-order valence-electron chi connectivity index (χ1n) is 6.41. The minimum atomic E-state index is -0.0223. The van der Waals surface area contributed by atoms with Crippen LogP contribution in [0.3, 0.4) is 0 Å². The van der Waals surface area contributed by atoms with E-state index in [1.807, 2.05) is 11.8 Å². The zero-order chi connectivity index (χ0) is 12.8. The van der Waals surface area contributed by atoms with E-state index in [-0.39, 0.29) is 6.03 Å². The number of carbonyl (C=O) groups is 1. The van der Waals surface area contributed by atoms with E-state index in [1.165, 1.54) is 17.1 Å². The van der Waals surface area contributed by atoms with Crippen molar-refractivity contribution in [1.82, 2.24) is 10.6 Å². The molecule has 100 valence electrons. The van der Waals surface area contributed by atoms with E-state index in [0.29, 0.717) is 18.5 Å². The third-order valence-corrected chi connectivity index (χ3v) is 5.41. The van der Waals surface area contributed by atoms with Gasteiger partial charge in [-0.2, -0.15) is 11.8 Å². The molecule has 18 heavy (non-hydrogen) atoms. The topological polar surface area (TPSA) is 41.1 Å². The lowest BCUT2D eigenvalue weighted by Gasteiger charge is -2.23. The molecule has 2 rings (SSSR count). The second-order valence-corrected chi connectivity index (χ2v) is 6.81. The number of thioether (sulfide) groups is 1. The lowest BCUT2D eigenvalue weighted by atomic mass is 10.1. The van der Waals surface area contributed by atoms with Gasteiger partial charge in [0.1, 0.15) is 0 Å². The molecule has 5 heteroatoms. The van der Waals surface area contributed by atoms with Crippen LogP contribution in [0.15, 0.2) is 17.5 Å². The van der Waals surface area contributed by atoms with Crippen molar-refractivity contribution in [2.45, 2.75) is 31.7 Å². The van der Waals surface area contributed by atoms with Crippen LogP contribution in [0.2, 0.25) is 0 Å². The molecule has 0 saturated carbocycles. The van der Waals surface area contributed by atoms with Gasteiger partial charge in [-0.15, -0.1) is 11.3 Å². The predicted octanol–water partition coefficient (Wildman–Crippen LogP) is 3.05. The monoisotopic (exact) mass is 284 g/mol. The number of hydrogen-bond donors (Lipinski definition) is 2. The van der Waals surface area contributed by atoms with Crippen LogP contribution in [0.4, 0.5) is 4.79 Å². The first-order chi connectivity index (χ1) is 8.75. The van der Waals surface area contributed by atoms with Crippen molar-refractivity contribution in [1.29, 1.82) is 0 Å². The summed E-state index contributed by atoms with van der Waals surface area (Å²) in [5, 5.41) is 8.09. The second kappa shape index (κ2) is 7.04. The molecular formula is C13H20N2OS2. The van der Waals surface area contributed by atoms with Crippen LogP contribution in [0, 0.1) is 0 Å². The van der Waals surface area contributed by atoms with Crippen molar-refractivity contribution < 1.29 is 4.79 Å². The van der Waals surface area contributed by atoms with Gasteiger partial charge < -0.3 is 10.6 Å². The molecule has 3 nitrogen and oxygen atoms in total. The van der Waals surface area contributed by atoms with Gasteiger partial charge in [0.15, 0.2) is 0 Å².